The number of nitro groups is 1. The highest BCUT2D eigenvalue weighted by Crippen LogP contribution is 2.30. The monoisotopic (exact) mass is 310 g/mol. The van der Waals surface area contributed by atoms with Gasteiger partial charge in [-0.2, -0.15) is 0 Å². The number of benzene rings is 1. The third-order valence-corrected chi connectivity index (χ3v) is 3.70. The van der Waals surface area contributed by atoms with E-state index in [1.165, 1.54) is 6.07 Å². The van der Waals surface area contributed by atoms with Gasteiger partial charge in [0.25, 0.3) is 5.69 Å². The lowest BCUT2D eigenvalue weighted by Crippen LogP contribution is -2.14. The molecule has 0 amide bonds. The molecule has 98 valence electrons. The number of hydrogen-bond donors (Lipinski definition) is 1. The van der Waals surface area contributed by atoms with E-state index in [2.05, 4.69) is 0 Å². The Labute approximate surface area is 113 Å². The Morgan fingerprint density at radius 3 is 2.33 bits per heavy atom. The van der Waals surface area contributed by atoms with E-state index < -0.39 is 25.5 Å². The van der Waals surface area contributed by atoms with E-state index in [0.29, 0.717) is 11.1 Å². The maximum absolute atomic E-state index is 11.2. The first-order chi connectivity index (χ1) is 8.14. The molecule has 1 aromatic carbocycles. The van der Waals surface area contributed by atoms with Crippen LogP contribution in [0.1, 0.15) is 12.5 Å². The van der Waals surface area contributed by atoms with Crippen molar-refractivity contribution in [3.8, 4) is 0 Å². The van der Waals surface area contributed by atoms with Crippen LogP contribution in [0.4, 0.5) is 5.69 Å². The second-order valence-electron chi connectivity index (χ2n) is 3.37. The molecular weight excluding hydrogens is 303 g/mol. The molecule has 0 heterocycles. The molecule has 0 radical (unpaired) electrons. The minimum atomic E-state index is -4.16. The molecule has 0 spiro atoms. The number of nitrogens with two attached hydrogens (primary N) is 1. The van der Waals surface area contributed by atoms with Crippen LogP contribution in [0.5, 0.6) is 0 Å². The summed E-state index contributed by atoms with van der Waals surface area (Å²) >= 11 is 11.1. The summed E-state index contributed by atoms with van der Waals surface area (Å²) < 4.78 is 22.3. The van der Waals surface area contributed by atoms with Crippen molar-refractivity contribution in [1.82, 2.24) is 0 Å². The number of halogens is 2. The molecule has 0 saturated carbocycles. The average Bonchev–Trinajstić information content (AvgIpc) is 2.25. The van der Waals surface area contributed by atoms with E-state index in [9.17, 15) is 18.5 Å². The normalized spacial score (nSPS) is 11.1. The van der Waals surface area contributed by atoms with Crippen LogP contribution in [0.3, 0.4) is 0 Å². The Morgan fingerprint density at radius 2 is 1.94 bits per heavy atom. The molecule has 0 aliphatic rings. The van der Waals surface area contributed by atoms with Gasteiger partial charge in [-0.15, -0.1) is 0 Å². The molecule has 0 atom stereocenters. The summed E-state index contributed by atoms with van der Waals surface area (Å²) in [5.41, 5.74) is 0.112. The average molecular weight is 311 g/mol. The maximum atomic E-state index is 11.2. The first kappa shape index (κ1) is 14.9. The second kappa shape index (κ2) is 5.23. The standard InChI is InChI=1S/C9H8Cl2N2O4S/c1-5(9(10)11)6-2-3-8(18(12,16)17)7(4-6)13(14)15/h2-4H,1H3,(H2,12,16,17). The van der Waals surface area contributed by atoms with Crippen molar-refractivity contribution in [2.24, 2.45) is 5.14 Å². The van der Waals surface area contributed by atoms with Crippen molar-refractivity contribution < 1.29 is 13.3 Å². The Bertz CT molecular complexity index is 636. The zero-order valence-electron chi connectivity index (χ0n) is 9.05. The lowest BCUT2D eigenvalue weighted by Gasteiger charge is -2.05. The van der Waals surface area contributed by atoms with Gasteiger partial charge in [-0.25, -0.2) is 13.6 Å². The van der Waals surface area contributed by atoms with Crippen LogP contribution >= 0.6 is 23.2 Å². The first-order valence-electron chi connectivity index (χ1n) is 4.48. The fourth-order valence-corrected chi connectivity index (χ4v) is 2.14. The van der Waals surface area contributed by atoms with Crippen molar-refractivity contribution in [3.05, 3.63) is 38.4 Å². The molecule has 0 aromatic heterocycles. The predicted octanol–water partition coefficient (Wildman–Crippen LogP) is 2.41. The molecule has 0 saturated heterocycles. The number of nitro benzene ring substituents is 1. The number of allylic oxidation sites excluding steroid dienone is 1. The summed E-state index contributed by atoms with van der Waals surface area (Å²) in [6, 6.07) is 3.44. The molecule has 1 aromatic rings. The topological polar surface area (TPSA) is 103 Å². The highest BCUT2D eigenvalue weighted by molar-refractivity contribution is 7.89. The molecule has 18 heavy (non-hydrogen) atoms. The Hall–Kier alpha value is -1.15. The number of primary sulfonamides is 1. The van der Waals surface area contributed by atoms with Gasteiger partial charge in [0.15, 0.2) is 4.90 Å². The molecular formula is C9H8Cl2N2O4S. The molecule has 0 aliphatic carbocycles. The van der Waals surface area contributed by atoms with Gasteiger partial charge in [0, 0.05) is 6.07 Å². The van der Waals surface area contributed by atoms with Crippen LogP contribution in [-0.2, 0) is 10.0 Å². The van der Waals surface area contributed by atoms with Crippen LogP contribution in [0.2, 0.25) is 0 Å². The van der Waals surface area contributed by atoms with Crippen LogP contribution < -0.4 is 5.14 Å². The van der Waals surface area contributed by atoms with Gasteiger partial charge < -0.3 is 0 Å². The summed E-state index contributed by atoms with van der Waals surface area (Å²) in [5.74, 6) is 0. The Morgan fingerprint density at radius 1 is 1.39 bits per heavy atom. The smallest absolute Gasteiger partial charge is 0.258 e. The van der Waals surface area contributed by atoms with Gasteiger partial charge in [0.05, 0.1) is 4.92 Å². The highest BCUT2D eigenvalue weighted by atomic mass is 35.5. The second-order valence-corrected chi connectivity index (χ2v) is 5.85. The fourth-order valence-electron chi connectivity index (χ4n) is 1.24. The van der Waals surface area contributed by atoms with Gasteiger partial charge in [0.1, 0.15) is 4.49 Å². The van der Waals surface area contributed by atoms with Gasteiger partial charge >= 0.3 is 0 Å². The maximum Gasteiger partial charge on any atom is 0.289 e. The van der Waals surface area contributed by atoms with Crippen LogP contribution in [-0.4, -0.2) is 13.3 Å². The third-order valence-electron chi connectivity index (χ3n) is 2.18. The van der Waals surface area contributed by atoms with E-state index in [4.69, 9.17) is 28.3 Å². The highest BCUT2D eigenvalue weighted by Gasteiger charge is 2.23. The molecule has 0 bridgehead atoms. The van der Waals surface area contributed by atoms with Crippen molar-refractivity contribution in [2.75, 3.05) is 0 Å². The van der Waals surface area contributed by atoms with Crippen molar-refractivity contribution in [1.29, 1.82) is 0 Å². The van der Waals surface area contributed by atoms with E-state index in [-0.39, 0.29) is 4.49 Å². The quantitative estimate of drug-likeness (QED) is 0.683. The SMILES string of the molecule is CC(=C(Cl)Cl)c1ccc(S(N)(=O)=O)c([N+](=O)[O-])c1. The minimum Gasteiger partial charge on any atom is -0.258 e. The number of rotatable bonds is 3. The summed E-state index contributed by atoms with van der Waals surface area (Å²) in [7, 11) is -4.16. The van der Waals surface area contributed by atoms with Crippen molar-refractivity contribution >= 4 is 44.5 Å². The Balaban J connectivity index is 3.57. The summed E-state index contributed by atoms with van der Waals surface area (Å²) in [6.07, 6.45) is 0. The van der Waals surface area contributed by atoms with Crippen LogP contribution in [0.25, 0.3) is 5.57 Å². The number of nitrogens with zero attached hydrogens (tertiary/aromatic N) is 1. The predicted molar refractivity (Wildman–Crippen MR) is 68.8 cm³/mol. The number of sulfonamides is 1. The van der Waals surface area contributed by atoms with Crippen molar-refractivity contribution in [2.45, 2.75) is 11.8 Å². The molecule has 0 fully saturated rings. The molecule has 0 unspecified atom stereocenters. The minimum absolute atomic E-state index is 0.0624. The summed E-state index contributed by atoms with van der Waals surface area (Å²) in [6.45, 7) is 1.55. The molecule has 2 N–H and O–H groups in total. The largest absolute Gasteiger partial charge is 0.289 e. The first-order valence-corrected chi connectivity index (χ1v) is 6.78. The number of hydrogen-bond acceptors (Lipinski definition) is 4. The van der Waals surface area contributed by atoms with Crippen molar-refractivity contribution in [3.63, 3.8) is 0 Å². The zero-order chi connectivity index (χ0) is 14.1. The van der Waals surface area contributed by atoms with Gasteiger partial charge in [-0.05, 0) is 24.1 Å². The Kier molecular flexibility index (Phi) is 4.33. The van der Waals surface area contributed by atoms with Crippen LogP contribution in [0.15, 0.2) is 27.6 Å². The van der Waals surface area contributed by atoms with E-state index in [1.54, 1.807) is 6.92 Å². The third kappa shape index (κ3) is 3.20. The molecule has 6 nitrogen and oxygen atoms in total. The summed E-state index contributed by atoms with van der Waals surface area (Å²) in [4.78, 5) is 9.42. The lowest BCUT2D eigenvalue weighted by molar-refractivity contribution is -0.387. The molecule has 1 rings (SSSR count). The molecule has 9 heteroatoms. The lowest BCUT2D eigenvalue weighted by atomic mass is 10.1. The van der Waals surface area contributed by atoms with Gasteiger partial charge in [-0.3, -0.25) is 10.1 Å². The zero-order valence-corrected chi connectivity index (χ0v) is 11.4. The molecule has 0 aliphatic heterocycles. The van der Waals surface area contributed by atoms with Gasteiger partial charge in [0.2, 0.25) is 10.0 Å². The van der Waals surface area contributed by atoms with E-state index in [0.717, 1.165) is 12.1 Å². The summed E-state index contributed by atoms with van der Waals surface area (Å²) in [5, 5.41) is 15.7. The van der Waals surface area contributed by atoms with E-state index >= 15 is 0 Å². The van der Waals surface area contributed by atoms with Crippen LogP contribution in [0, 0.1) is 10.1 Å². The fraction of sp³-hybridized carbons (Fsp3) is 0.111. The van der Waals surface area contributed by atoms with E-state index in [1.807, 2.05) is 0 Å². The van der Waals surface area contributed by atoms with Gasteiger partial charge in [-0.1, -0.05) is 29.3 Å².